The SMILES string of the molecule is Cc1ccc(CN(C)C(=O)CN2CCN(C[C@@H](C)O)[C@@H](C)C2)o1. The van der Waals surface area contributed by atoms with Gasteiger partial charge < -0.3 is 14.4 Å². The Labute approximate surface area is 138 Å². The molecule has 1 N–H and O–H groups in total. The molecule has 1 aromatic rings. The summed E-state index contributed by atoms with van der Waals surface area (Å²) in [7, 11) is 1.81. The van der Waals surface area contributed by atoms with E-state index in [0.29, 0.717) is 25.7 Å². The maximum absolute atomic E-state index is 12.4. The van der Waals surface area contributed by atoms with Crippen LogP contribution in [-0.2, 0) is 11.3 Å². The van der Waals surface area contributed by atoms with E-state index in [1.54, 1.807) is 4.90 Å². The highest BCUT2D eigenvalue weighted by Crippen LogP contribution is 2.12. The Morgan fingerprint density at radius 3 is 2.78 bits per heavy atom. The third-order valence-electron chi connectivity index (χ3n) is 4.32. The Morgan fingerprint density at radius 1 is 1.48 bits per heavy atom. The summed E-state index contributed by atoms with van der Waals surface area (Å²) in [5, 5.41) is 9.52. The number of nitrogens with zero attached hydrogens (tertiary/aromatic N) is 3. The molecule has 2 atom stereocenters. The number of furan rings is 1. The predicted octanol–water partition coefficient (Wildman–Crippen LogP) is 0.933. The molecule has 2 heterocycles. The van der Waals surface area contributed by atoms with Gasteiger partial charge in [0.05, 0.1) is 19.2 Å². The molecular weight excluding hydrogens is 294 g/mol. The highest BCUT2D eigenvalue weighted by molar-refractivity contribution is 5.77. The number of carbonyl (C=O) groups excluding carboxylic acids is 1. The quantitative estimate of drug-likeness (QED) is 0.844. The molecule has 1 aliphatic heterocycles. The smallest absolute Gasteiger partial charge is 0.236 e. The van der Waals surface area contributed by atoms with Crippen molar-refractivity contribution in [3.8, 4) is 0 Å². The lowest BCUT2D eigenvalue weighted by Crippen LogP contribution is -2.55. The minimum Gasteiger partial charge on any atom is -0.464 e. The van der Waals surface area contributed by atoms with Crippen LogP contribution in [0, 0.1) is 6.92 Å². The summed E-state index contributed by atoms with van der Waals surface area (Å²) in [4.78, 5) is 18.6. The first-order valence-electron chi connectivity index (χ1n) is 8.29. The van der Waals surface area contributed by atoms with E-state index in [9.17, 15) is 9.90 Å². The summed E-state index contributed by atoms with van der Waals surface area (Å²) in [6.07, 6.45) is -0.312. The van der Waals surface area contributed by atoms with Crippen LogP contribution in [0.1, 0.15) is 25.4 Å². The molecule has 130 valence electrons. The predicted molar refractivity (Wildman–Crippen MR) is 89.1 cm³/mol. The number of piperazine rings is 1. The Kier molecular flexibility index (Phi) is 6.21. The van der Waals surface area contributed by atoms with E-state index in [2.05, 4.69) is 16.7 Å². The van der Waals surface area contributed by atoms with E-state index in [1.807, 2.05) is 33.0 Å². The Bertz CT molecular complexity index is 515. The van der Waals surface area contributed by atoms with E-state index >= 15 is 0 Å². The molecule has 1 aromatic heterocycles. The van der Waals surface area contributed by atoms with E-state index in [1.165, 1.54) is 0 Å². The van der Waals surface area contributed by atoms with Gasteiger partial charge >= 0.3 is 0 Å². The van der Waals surface area contributed by atoms with Crippen LogP contribution in [0.3, 0.4) is 0 Å². The van der Waals surface area contributed by atoms with Crippen molar-refractivity contribution >= 4 is 5.91 Å². The number of β-amino-alcohol motifs (C(OH)–C–C–N with tert-alkyl or cyclic N) is 1. The topological polar surface area (TPSA) is 60.2 Å². The summed E-state index contributed by atoms with van der Waals surface area (Å²) < 4.78 is 5.52. The second-order valence-electron chi connectivity index (χ2n) is 6.69. The molecule has 1 amide bonds. The number of hydrogen-bond donors (Lipinski definition) is 1. The number of carbonyl (C=O) groups is 1. The Morgan fingerprint density at radius 2 is 2.22 bits per heavy atom. The van der Waals surface area contributed by atoms with Gasteiger partial charge in [-0.3, -0.25) is 14.6 Å². The molecule has 6 heteroatoms. The van der Waals surface area contributed by atoms with E-state index in [-0.39, 0.29) is 12.0 Å². The van der Waals surface area contributed by atoms with E-state index in [4.69, 9.17) is 4.42 Å². The van der Waals surface area contributed by atoms with E-state index < -0.39 is 0 Å². The van der Waals surface area contributed by atoms with Crippen LogP contribution in [0.2, 0.25) is 0 Å². The van der Waals surface area contributed by atoms with Gasteiger partial charge in [-0.1, -0.05) is 0 Å². The Balaban J connectivity index is 1.79. The van der Waals surface area contributed by atoms with Gasteiger partial charge in [-0.25, -0.2) is 0 Å². The molecule has 2 rings (SSSR count). The number of hydrogen-bond acceptors (Lipinski definition) is 5. The molecule has 0 spiro atoms. The third kappa shape index (κ3) is 5.34. The fourth-order valence-corrected chi connectivity index (χ4v) is 3.03. The van der Waals surface area contributed by atoms with E-state index in [0.717, 1.165) is 31.2 Å². The van der Waals surface area contributed by atoms with Crippen molar-refractivity contribution in [1.82, 2.24) is 14.7 Å². The lowest BCUT2D eigenvalue weighted by Gasteiger charge is -2.40. The second kappa shape index (κ2) is 7.95. The van der Waals surface area contributed by atoms with Crippen molar-refractivity contribution in [3.05, 3.63) is 23.7 Å². The second-order valence-corrected chi connectivity index (χ2v) is 6.69. The summed E-state index contributed by atoms with van der Waals surface area (Å²) in [6, 6.07) is 4.18. The molecule has 0 bridgehead atoms. The summed E-state index contributed by atoms with van der Waals surface area (Å²) in [5.41, 5.74) is 0. The molecule has 1 aliphatic rings. The number of aryl methyl sites for hydroxylation is 1. The van der Waals surface area contributed by atoms with Gasteiger partial charge in [-0.15, -0.1) is 0 Å². The molecule has 0 saturated carbocycles. The molecule has 0 aromatic carbocycles. The summed E-state index contributed by atoms with van der Waals surface area (Å²) in [6.45, 7) is 10.1. The zero-order valence-electron chi connectivity index (χ0n) is 14.7. The van der Waals surface area contributed by atoms with Crippen LogP contribution in [0.25, 0.3) is 0 Å². The molecular formula is C17H29N3O3. The lowest BCUT2D eigenvalue weighted by molar-refractivity contribution is -0.132. The monoisotopic (exact) mass is 323 g/mol. The third-order valence-corrected chi connectivity index (χ3v) is 4.32. The Hall–Kier alpha value is -1.37. The maximum atomic E-state index is 12.4. The zero-order valence-corrected chi connectivity index (χ0v) is 14.7. The number of rotatable bonds is 6. The minimum absolute atomic E-state index is 0.107. The molecule has 23 heavy (non-hydrogen) atoms. The minimum atomic E-state index is -0.312. The largest absolute Gasteiger partial charge is 0.464 e. The number of aliphatic hydroxyl groups is 1. The van der Waals surface area contributed by atoms with Crippen LogP contribution in [0.5, 0.6) is 0 Å². The van der Waals surface area contributed by atoms with Crippen LogP contribution in [-0.4, -0.2) is 77.6 Å². The van der Waals surface area contributed by atoms with Gasteiger partial charge in [-0.05, 0) is 32.9 Å². The van der Waals surface area contributed by atoms with Crippen LogP contribution in [0.15, 0.2) is 16.5 Å². The molecule has 1 saturated heterocycles. The number of amides is 1. The zero-order chi connectivity index (χ0) is 17.0. The fourth-order valence-electron chi connectivity index (χ4n) is 3.03. The molecule has 6 nitrogen and oxygen atoms in total. The van der Waals surface area contributed by atoms with Crippen molar-refractivity contribution in [2.45, 2.75) is 39.5 Å². The first-order valence-corrected chi connectivity index (χ1v) is 8.29. The normalized spacial score (nSPS) is 21.3. The van der Waals surface area contributed by atoms with Crippen molar-refractivity contribution in [1.29, 1.82) is 0 Å². The fraction of sp³-hybridized carbons (Fsp3) is 0.706. The number of likely N-dealkylation sites (N-methyl/N-ethyl adjacent to an activating group) is 1. The molecule has 0 aliphatic carbocycles. The average molecular weight is 323 g/mol. The standard InChI is InChI=1S/C17H29N3O3/c1-13-9-19(7-8-20(13)10-14(2)21)12-17(22)18(4)11-16-6-5-15(3)23-16/h5-6,13-14,21H,7-12H2,1-4H3/t13-,14+/m0/s1. The highest BCUT2D eigenvalue weighted by atomic mass is 16.3. The van der Waals surface area contributed by atoms with Gasteiger partial charge in [0.2, 0.25) is 5.91 Å². The summed E-state index contributed by atoms with van der Waals surface area (Å²) >= 11 is 0. The van der Waals surface area contributed by atoms with Crippen LogP contribution >= 0.6 is 0 Å². The first kappa shape index (κ1) is 18.0. The van der Waals surface area contributed by atoms with Crippen LogP contribution < -0.4 is 0 Å². The maximum Gasteiger partial charge on any atom is 0.236 e. The van der Waals surface area contributed by atoms with Gasteiger partial charge in [0.1, 0.15) is 11.5 Å². The van der Waals surface area contributed by atoms with Gasteiger partial charge in [0, 0.05) is 39.3 Å². The molecule has 0 unspecified atom stereocenters. The van der Waals surface area contributed by atoms with Crippen molar-refractivity contribution < 1.29 is 14.3 Å². The number of aliphatic hydroxyl groups excluding tert-OH is 1. The average Bonchev–Trinajstić information content (AvgIpc) is 2.86. The van der Waals surface area contributed by atoms with Crippen molar-refractivity contribution in [3.63, 3.8) is 0 Å². The van der Waals surface area contributed by atoms with Crippen LogP contribution in [0.4, 0.5) is 0 Å². The highest BCUT2D eigenvalue weighted by Gasteiger charge is 2.26. The van der Waals surface area contributed by atoms with Gasteiger partial charge in [0.25, 0.3) is 0 Å². The first-order chi connectivity index (χ1) is 10.8. The van der Waals surface area contributed by atoms with Crippen molar-refractivity contribution in [2.24, 2.45) is 0 Å². The van der Waals surface area contributed by atoms with Gasteiger partial charge in [0.15, 0.2) is 0 Å². The van der Waals surface area contributed by atoms with Gasteiger partial charge in [-0.2, -0.15) is 0 Å². The summed E-state index contributed by atoms with van der Waals surface area (Å²) in [5.74, 6) is 1.78. The molecule has 1 fully saturated rings. The van der Waals surface area contributed by atoms with Crippen molar-refractivity contribution in [2.75, 3.05) is 39.8 Å². The molecule has 0 radical (unpaired) electrons. The lowest BCUT2D eigenvalue weighted by atomic mass is 10.1.